The topological polar surface area (TPSA) is 0 Å². The number of rotatable bonds is 4. The van der Waals surface area contributed by atoms with Crippen LogP contribution in [0.1, 0.15) is 142 Å². The van der Waals surface area contributed by atoms with Crippen LogP contribution in [0.4, 0.5) is 26.3 Å². The standard InChI is InChI=1S/C25H25.C15H8F6.C12H19.2ClH.Zr/c1-14-12-24(3,4)22-8-16-7-17-9-23-19(15(2)13-25(23,5)6)11-21(17)20(16)10-18(14)22;16-14(17,18)12-5-1-10(2-6-12)9-11-3-7-13(8-4-11)15(19,20)21;1-5-6-10-7-8-11(9-10)12(2,3)4;;;/h8-12H,7H2,1-6H3;1-8H;7-9H,5-6H2,1-4H3;2*1H;/q-1;;-1;;;+2/p-2. The Labute approximate surface area is 385 Å². The molecule has 0 radical (unpaired) electrons. The molecule has 0 amide bonds. The Morgan fingerprint density at radius 1 is 0.672 bits per heavy atom. The molecule has 8 rings (SSSR count). The number of fused-ring (bicyclic) bond motifs is 5. The average molecular weight is 953 g/mol. The van der Waals surface area contributed by atoms with Gasteiger partial charge in [0.1, 0.15) is 0 Å². The van der Waals surface area contributed by atoms with E-state index in [-0.39, 0.29) is 35.6 Å². The number of benzene rings is 4. The molecule has 0 saturated carbocycles. The van der Waals surface area contributed by atoms with Gasteiger partial charge in [-0.25, -0.2) is 11.6 Å². The summed E-state index contributed by atoms with van der Waals surface area (Å²) < 4.78 is 75.6. The molecule has 3 aliphatic carbocycles. The van der Waals surface area contributed by atoms with Gasteiger partial charge >= 0.3 is 137 Å². The van der Waals surface area contributed by atoms with Crippen molar-refractivity contribution in [1.29, 1.82) is 0 Å². The van der Waals surface area contributed by atoms with Crippen LogP contribution in [-0.4, -0.2) is 3.21 Å². The van der Waals surface area contributed by atoms with E-state index in [1.165, 1.54) is 104 Å². The minimum Gasteiger partial charge on any atom is -1.00 e. The van der Waals surface area contributed by atoms with E-state index in [1.54, 1.807) is 0 Å². The van der Waals surface area contributed by atoms with Crippen LogP contribution < -0.4 is 24.8 Å². The van der Waals surface area contributed by atoms with E-state index < -0.39 is 23.5 Å². The minimum absolute atomic E-state index is 0. The van der Waals surface area contributed by atoms with Gasteiger partial charge in [0.2, 0.25) is 0 Å². The molecule has 0 saturated heterocycles. The monoisotopic (exact) mass is 950 g/mol. The van der Waals surface area contributed by atoms with E-state index in [0.29, 0.717) is 19.7 Å². The fourth-order valence-corrected chi connectivity index (χ4v) is 9.32. The molecule has 0 atom stereocenters. The summed E-state index contributed by atoms with van der Waals surface area (Å²) in [5.41, 5.74) is 17.4. The van der Waals surface area contributed by atoms with E-state index in [2.05, 4.69) is 124 Å². The number of hydrogen-bond donors (Lipinski definition) is 0. The van der Waals surface area contributed by atoms with Crippen LogP contribution in [0, 0.1) is 6.08 Å². The zero-order valence-corrected chi connectivity index (χ0v) is 40.4. The van der Waals surface area contributed by atoms with Gasteiger partial charge in [0, 0.05) is 5.41 Å². The van der Waals surface area contributed by atoms with Crippen molar-refractivity contribution in [3.8, 4) is 11.1 Å². The second-order valence-corrected chi connectivity index (χ2v) is 19.5. The summed E-state index contributed by atoms with van der Waals surface area (Å²) in [4.78, 5) is 0. The van der Waals surface area contributed by atoms with Crippen molar-refractivity contribution in [2.45, 2.75) is 117 Å². The van der Waals surface area contributed by atoms with E-state index in [4.69, 9.17) is 0 Å². The van der Waals surface area contributed by atoms with Gasteiger partial charge in [0.15, 0.2) is 0 Å². The molecule has 0 nitrogen and oxygen atoms in total. The average Bonchev–Trinajstić information content (AvgIpc) is 3.88. The zero-order valence-electron chi connectivity index (χ0n) is 36.4. The summed E-state index contributed by atoms with van der Waals surface area (Å²) in [5.74, 6) is 0. The van der Waals surface area contributed by atoms with Gasteiger partial charge in [-0.15, -0.1) is 11.6 Å². The third-order valence-electron chi connectivity index (χ3n) is 11.7. The van der Waals surface area contributed by atoms with Gasteiger partial charge in [-0.05, 0) is 58.4 Å². The van der Waals surface area contributed by atoms with Crippen LogP contribution in [0.15, 0.2) is 97.1 Å². The fraction of sp³-hybridized carbons (Fsp3) is 0.346. The Hall–Kier alpha value is -3.38. The van der Waals surface area contributed by atoms with Crippen molar-refractivity contribution < 1.29 is 75.4 Å². The molecule has 0 spiro atoms. The Kier molecular flexibility index (Phi) is 15.1. The minimum atomic E-state index is -4.41. The Morgan fingerprint density at radius 3 is 1.59 bits per heavy atom. The molecule has 0 heterocycles. The molecule has 322 valence electrons. The first-order chi connectivity index (χ1) is 27.3. The van der Waals surface area contributed by atoms with Gasteiger partial charge in [0.05, 0.1) is 0 Å². The second kappa shape index (κ2) is 18.4. The first-order valence-electron chi connectivity index (χ1n) is 20.2. The number of aryl methyl sites for hydroxylation is 1. The van der Waals surface area contributed by atoms with Gasteiger partial charge in [-0.1, -0.05) is 104 Å². The van der Waals surface area contributed by atoms with Gasteiger partial charge < -0.3 is 24.8 Å². The second-order valence-electron chi connectivity index (χ2n) is 18.2. The van der Waals surface area contributed by atoms with Gasteiger partial charge in [-0.3, -0.25) is 6.08 Å². The van der Waals surface area contributed by atoms with Gasteiger partial charge in [0.25, 0.3) is 0 Å². The molecule has 0 unspecified atom stereocenters. The third-order valence-corrected chi connectivity index (χ3v) is 13.1. The summed E-state index contributed by atoms with van der Waals surface area (Å²) in [6.07, 6.45) is 0.780. The van der Waals surface area contributed by atoms with Crippen LogP contribution in [0.25, 0.3) is 22.3 Å². The van der Waals surface area contributed by atoms with Crippen molar-refractivity contribution in [1.82, 2.24) is 0 Å². The molecule has 5 aromatic carbocycles. The quantitative estimate of drug-likeness (QED) is 0.122. The Morgan fingerprint density at radius 2 is 1.15 bits per heavy atom. The molecule has 0 aromatic heterocycles. The zero-order chi connectivity index (χ0) is 43.5. The van der Waals surface area contributed by atoms with Crippen molar-refractivity contribution in [2.75, 3.05) is 0 Å². The normalized spacial score (nSPS) is 15.2. The van der Waals surface area contributed by atoms with Crippen LogP contribution in [0.5, 0.6) is 0 Å². The molecule has 0 fully saturated rings. The third kappa shape index (κ3) is 10.9. The predicted molar refractivity (Wildman–Crippen MR) is 228 cm³/mol. The molecule has 0 N–H and O–H groups in total. The molecule has 5 aromatic rings. The first kappa shape index (κ1) is 50.3. The first-order valence-corrected chi connectivity index (χ1v) is 21.4. The summed E-state index contributed by atoms with van der Waals surface area (Å²) in [7, 11) is 0. The molecule has 0 bridgehead atoms. The molecule has 9 heteroatoms. The van der Waals surface area contributed by atoms with Crippen LogP contribution >= 0.6 is 0 Å². The molecular formula is C52H52Cl2F6Zr-2. The number of alkyl halides is 6. The smallest absolute Gasteiger partial charge is 1.00 e. The number of hydrogen-bond acceptors (Lipinski definition) is 0. The van der Waals surface area contributed by atoms with E-state index in [0.717, 1.165) is 54.9 Å². The largest absolute Gasteiger partial charge is 1.00 e. The maximum atomic E-state index is 12.5. The van der Waals surface area contributed by atoms with Crippen molar-refractivity contribution in [3.05, 3.63) is 170 Å². The molecular weight excluding hydrogens is 901 g/mol. The predicted octanol–water partition coefficient (Wildman–Crippen LogP) is 8.95. The molecule has 3 aliphatic rings. The maximum Gasteiger partial charge on any atom is -1.00 e. The van der Waals surface area contributed by atoms with Crippen LogP contribution in [0.2, 0.25) is 0 Å². The maximum absolute atomic E-state index is 12.5. The van der Waals surface area contributed by atoms with Gasteiger partial charge in [-0.2, -0.15) is 28.8 Å². The van der Waals surface area contributed by atoms with Crippen molar-refractivity contribution in [2.24, 2.45) is 0 Å². The number of halogens is 8. The number of allylic oxidation sites excluding steroid dienone is 4. The van der Waals surface area contributed by atoms with Crippen molar-refractivity contribution in [3.63, 3.8) is 0 Å². The van der Waals surface area contributed by atoms with E-state index in [9.17, 15) is 26.3 Å². The van der Waals surface area contributed by atoms with E-state index in [1.807, 2.05) is 0 Å². The van der Waals surface area contributed by atoms with E-state index >= 15 is 0 Å². The Bertz CT molecular complexity index is 2310. The van der Waals surface area contributed by atoms with Crippen LogP contribution in [-0.2, 0) is 65.7 Å². The van der Waals surface area contributed by atoms with Crippen LogP contribution in [0.3, 0.4) is 0 Å². The summed E-state index contributed by atoms with van der Waals surface area (Å²) in [5, 5.41) is 0. The fourth-order valence-electron chi connectivity index (χ4n) is 8.50. The Balaban J connectivity index is 0.000000210. The van der Waals surface area contributed by atoms with Crippen molar-refractivity contribution >= 4 is 14.4 Å². The molecule has 0 aliphatic heterocycles. The summed E-state index contributed by atoms with van der Waals surface area (Å²) in [6.45, 7) is 22.7. The summed E-state index contributed by atoms with van der Waals surface area (Å²) in [6, 6.07) is 25.8. The summed E-state index contributed by atoms with van der Waals surface area (Å²) >= 11 is 0.898. The molecule has 61 heavy (non-hydrogen) atoms. The SMILES string of the molecule is CC1=[C-]C(C)(C)c2cc3c(cc21)-c1cc2c(cc1C3)C(C)(C)C=C2C.CCCc1cc(C(C)(C)C)c[cH-]1.FC(F)(F)c1ccc([C](=[Zr+2])c2ccc(C(F)(F)F)cc2)cc1.[Cl-].[Cl-].